The number of esters is 1. The normalized spacial score (nSPS) is 10.7. The van der Waals surface area contributed by atoms with Gasteiger partial charge in [0.25, 0.3) is 0 Å². The van der Waals surface area contributed by atoms with E-state index in [0.29, 0.717) is 23.5 Å². The molecule has 0 bridgehead atoms. The molecule has 106 valence electrons. The van der Waals surface area contributed by atoms with Crippen molar-refractivity contribution in [2.45, 2.75) is 6.92 Å². The third kappa shape index (κ3) is 2.45. The first kappa shape index (κ1) is 13.2. The Hall–Kier alpha value is -2.82. The molecule has 1 aromatic carbocycles. The van der Waals surface area contributed by atoms with Crippen LogP contribution in [0.2, 0.25) is 0 Å². The average Bonchev–Trinajstić information content (AvgIpc) is 2.90. The smallest absolute Gasteiger partial charge is 0.341 e. The number of hydrogen-bond donors (Lipinski definition) is 1. The summed E-state index contributed by atoms with van der Waals surface area (Å²) in [5, 5.41) is 0. The lowest BCUT2D eigenvalue weighted by Crippen LogP contribution is -2.09. The average molecular weight is 281 g/mol. The molecule has 0 fully saturated rings. The summed E-state index contributed by atoms with van der Waals surface area (Å²) < 4.78 is 6.78. The molecule has 21 heavy (non-hydrogen) atoms. The Bertz CT molecular complexity index is 794. The number of rotatable bonds is 3. The van der Waals surface area contributed by atoms with Crippen LogP contribution in [0.25, 0.3) is 16.9 Å². The van der Waals surface area contributed by atoms with E-state index < -0.39 is 5.97 Å². The molecule has 0 saturated carbocycles. The number of imidazole rings is 1. The van der Waals surface area contributed by atoms with Crippen LogP contribution in [-0.4, -0.2) is 22.0 Å². The fourth-order valence-corrected chi connectivity index (χ4v) is 2.18. The molecule has 0 spiro atoms. The number of carbonyl (C=O) groups is 1. The van der Waals surface area contributed by atoms with Gasteiger partial charge in [0.05, 0.1) is 23.6 Å². The van der Waals surface area contributed by atoms with Gasteiger partial charge in [-0.3, -0.25) is 0 Å². The lowest BCUT2D eigenvalue weighted by Gasteiger charge is -2.05. The highest BCUT2D eigenvalue weighted by molar-refractivity contribution is 5.95. The molecule has 2 heterocycles. The lowest BCUT2D eigenvalue weighted by molar-refractivity contribution is 0.0527. The van der Waals surface area contributed by atoms with Gasteiger partial charge >= 0.3 is 5.97 Å². The number of benzene rings is 1. The maximum absolute atomic E-state index is 11.9. The first-order valence-corrected chi connectivity index (χ1v) is 6.70. The summed E-state index contributed by atoms with van der Waals surface area (Å²) in [7, 11) is 0. The minimum Gasteiger partial charge on any atom is -0.462 e. The molecule has 0 radical (unpaired) electrons. The Morgan fingerprint density at radius 3 is 2.76 bits per heavy atom. The minimum atomic E-state index is -0.424. The topological polar surface area (TPSA) is 69.6 Å². The quantitative estimate of drug-likeness (QED) is 0.749. The first-order chi connectivity index (χ1) is 10.2. The predicted molar refractivity (Wildman–Crippen MR) is 81.0 cm³/mol. The Labute approximate surface area is 122 Å². The summed E-state index contributed by atoms with van der Waals surface area (Å²) in [5.41, 5.74) is 9.16. The summed E-state index contributed by atoms with van der Waals surface area (Å²) in [6.45, 7) is 2.08. The van der Waals surface area contributed by atoms with Crippen LogP contribution in [0.5, 0.6) is 0 Å². The zero-order valence-corrected chi connectivity index (χ0v) is 11.6. The summed E-state index contributed by atoms with van der Waals surface area (Å²) in [4.78, 5) is 16.4. The van der Waals surface area contributed by atoms with Crippen LogP contribution in [-0.2, 0) is 4.74 Å². The highest BCUT2D eigenvalue weighted by Gasteiger charge is 2.14. The van der Waals surface area contributed by atoms with Gasteiger partial charge in [-0.1, -0.05) is 30.3 Å². The van der Waals surface area contributed by atoms with E-state index in [1.807, 2.05) is 36.5 Å². The molecule has 2 aromatic heterocycles. The molecule has 0 unspecified atom stereocenters. The number of ether oxygens (including phenoxy) is 1. The van der Waals surface area contributed by atoms with Crippen molar-refractivity contribution in [3.8, 4) is 11.3 Å². The third-order valence-electron chi connectivity index (χ3n) is 3.19. The number of anilines is 1. The van der Waals surface area contributed by atoms with E-state index in [-0.39, 0.29) is 0 Å². The van der Waals surface area contributed by atoms with Crippen LogP contribution in [0.1, 0.15) is 17.3 Å². The molecule has 5 heteroatoms. The van der Waals surface area contributed by atoms with E-state index in [1.54, 1.807) is 23.6 Å². The largest absolute Gasteiger partial charge is 0.462 e. The number of pyridine rings is 1. The van der Waals surface area contributed by atoms with Crippen LogP contribution >= 0.6 is 0 Å². The molecule has 2 N–H and O–H groups in total. The molecule has 3 aromatic rings. The second-order valence-electron chi connectivity index (χ2n) is 4.62. The van der Waals surface area contributed by atoms with Gasteiger partial charge in [-0.15, -0.1) is 0 Å². The number of fused-ring (bicyclic) bond motifs is 1. The zero-order valence-electron chi connectivity index (χ0n) is 11.6. The van der Waals surface area contributed by atoms with Gasteiger partial charge in [-0.25, -0.2) is 9.78 Å². The predicted octanol–water partition coefficient (Wildman–Crippen LogP) is 2.76. The van der Waals surface area contributed by atoms with Crippen LogP contribution in [0.4, 0.5) is 5.69 Å². The summed E-state index contributed by atoms with van der Waals surface area (Å²) in [5.74, 6) is -0.424. The minimum absolute atomic E-state index is 0.315. The van der Waals surface area contributed by atoms with E-state index in [4.69, 9.17) is 10.5 Å². The van der Waals surface area contributed by atoms with Gasteiger partial charge in [-0.2, -0.15) is 0 Å². The van der Waals surface area contributed by atoms with Crippen molar-refractivity contribution < 1.29 is 9.53 Å². The molecule has 0 aliphatic carbocycles. The summed E-state index contributed by atoms with van der Waals surface area (Å²) in [6, 6.07) is 11.5. The maximum Gasteiger partial charge on any atom is 0.341 e. The van der Waals surface area contributed by atoms with Gasteiger partial charge in [0.15, 0.2) is 0 Å². The van der Waals surface area contributed by atoms with E-state index in [0.717, 1.165) is 11.3 Å². The Morgan fingerprint density at radius 2 is 2.05 bits per heavy atom. The van der Waals surface area contributed by atoms with E-state index in [9.17, 15) is 4.79 Å². The molecule has 0 atom stereocenters. The molecular weight excluding hydrogens is 266 g/mol. The van der Waals surface area contributed by atoms with Crippen molar-refractivity contribution in [3.05, 3.63) is 54.4 Å². The second kappa shape index (κ2) is 5.28. The van der Waals surface area contributed by atoms with Gasteiger partial charge in [0.2, 0.25) is 0 Å². The second-order valence-corrected chi connectivity index (χ2v) is 4.62. The summed E-state index contributed by atoms with van der Waals surface area (Å²) in [6.07, 6.45) is 3.52. The van der Waals surface area contributed by atoms with Gasteiger partial charge in [-0.05, 0) is 6.92 Å². The number of nitrogen functional groups attached to an aromatic ring is 1. The van der Waals surface area contributed by atoms with Crippen LogP contribution in [0.15, 0.2) is 48.8 Å². The number of aromatic nitrogens is 2. The highest BCUT2D eigenvalue weighted by Crippen LogP contribution is 2.22. The van der Waals surface area contributed by atoms with E-state index >= 15 is 0 Å². The summed E-state index contributed by atoms with van der Waals surface area (Å²) >= 11 is 0. The SMILES string of the molecule is CCOC(=O)c1cn2cc(-c3ccccc3)nc2cc1N. The van der Waals surface area contributed by atoms with Crippen LogP contribution < -0.4 is 5.73 Å². The Kier molecular flexibility index (Phi) is 3.31. The van der Waals surface area contributed by atoms with Crippen molar-refractivity contribution in [1.82, 2.24) is 9.38 Å². The number of carbonyl (C=O) groups excluding carboxylic acids is 1. The van der Waals surface area contributed by atoms with E-state index in [1.165, 1.54) is 0 Å². The fraction of sp³-hybridized carbons (Fsp3) is 0.125. The molecule has 5 nitrogen and oxygen atoms in total. The monoisotopic (exact) mass is 281 g/mol. The standard InChI is InChI=1S/C16H15N3O2/c1-2-21-16(20)12-9-19-10-14(11-6-4-3-5-7-11)18-15(19)8-13(12)17/h3-10H,2,17H2,1H3. The number of hydrogen-bond acceptors (Lipinski definition) is 4. The van der Waals surface area contributed by atoms with Crippen molar-refractivity contribution in [2.24, 2.45) is 0 Å². The van der Waals surface area contributed by atoms with Crippen molar-refractivity contribution >= 4 is 17.3 Å². The van der Waals surface area contributed by atoms with Gasteiger partial charge in [0, 0.05) is 24.0 Å². The van der Waals surface area contributed by atoms with Gasteiger partial charge < -0.3 is 14.9 Å². The first-order valence-electron chi connectivity index (χ1n) is 6.70. The lowest BCUT2D eigenvalue weighted by atomic mass is 10.2. The number of nitrogens with zero attached hydrogens (tertiary/aromatic N) is 2. The maximum atomic E-state index is 11.9. The third-order valence-corrected chi connectivity index (χ3v) is 3.19. The fourth-order valence-electron chi connectivity index (χ4n) is 2.18. The molecule has 0 saturated heterocycles. The molecule has 0 aliphatic rings. The zero-order chi connectivity index (χ0) is 14.8. The molecule has 0 amide bonds. The van der Waals surface area contributed by atoms with Gasteiger partial charge in [0.1, 0.15) is 5.65 Å². The van der Waals surface area contributed by atoms with Crippen LogP contribution in [0, 0.1) is 0 Å². The van der Waals surface area contributed by atoms with Crippen LogP contribution in [0.3, 0.4) is 0 Å². The molecule has 3 rings (SSSR count). The number of nitrogens with two attached hydrogens (primary N) is 1. The Morgan fingerprint density at radius 1 is 1.29 bits per heavy atom. The van der Waals surface area contributed by atoms with Crippen molar-refractivity contribution in [1.29, 1.82) is 0 Å². The molecular formula is C16H15N3O2. The Balaban J connectivity index is 2.08. The van der Waals surface area contributed by atoms with Crippen molar-refractivity contribution in [2.75, 3.05) is 12.3 Å². The van der Waals surface area contributed by atoms with E-state index in [2.05, 4.69) is 4.98 Å². The molecule has 0 aliphatic heterocycles. The highest BCUT2D eigenvalue weighted by atomic mass is 16.5. The van der Waals surface area contributed by atoms with Crippen molar-refractivity contribution in [3.63, 3.8) is 0 Å².